The monoisotopic (exact) mass is 554 g/mol. The van der Waals surface area contributed by atoms with Gasteiger partial charge in [-0.3, -0.25) is 4.79 Å². The van der Waals surface area contributed by atoms with Crippen LogP contribution in [0, 0.1) is 11.8 Å². The molecule has 11 heteroatoms. The summed E-state index contributed by atoms with van der Waals surface area (Å²) in [5.74, 6) is 5.60. The van der Waals surface area contributed by atoms with Gasteiger partial charge in [-0.05, 0) is 56.9 Å². The molecule has 1 amide bonds. The Bertz CT molecular complexity index is 1410. The maximum absolute atomic E-state index is 12.6. The van der Waals surface area contributed by atoms with Crippen molar-refractivity contribution in [2.75, 3.05) is 19.7 Å². The summed E-state index contributed by atoms with van der Waals surface area (Å²) in [6, 6.07) is 9.30. The van der Waals surface area contributed by atoms with E-state index in [1.807, 2.05) is 48.0 Å². The van der Waals surface area contributed by atoms with Crippen molar-refractivity contribution >= 4 is 5.91 Å². The van der Waals surface area contributed by atoms with Crippen molar-refractivity contribution < 1.29 is 32.0 Å². The highest BCUT2D eigenvalue weighted by Gasteiger charge is 2.42. The Kier molecular flexibility index (Phi) is 8.38. The van der Waals surface area contributed by atoms with Crippen molar-refractivity contribution in [3.63, 3.8) is 0 Å². The van der Waals surface area contributed by atoms with Crippen molar-refractivity contribution in [3.05, 3.63) is 71.5 Å². The highest BCUT2D eigenvalue weighted by Crippen LogP contribution is 2.25. The number of carbonyl (C=O) groups excluding carboxylic acids is 1. The SMILES string of the molecule is C[C@H](OC1CCCCO1)c1nccn1Cc1cc(-c2ccc(C#CC3=CCN(C(=O)C(F)(F)F)CC3)cc2)on1. The van der Waals surface area contributed by atoms with E-state index >= 15 is 0 Å². The van der Waals surface area contributed by atoms with E-state index in [9.17, 15) is 18.0 Å². The number of amides is 1. The molecule has 4 heterocycles. The Labute approximate surface area is 229 Å². The summed E-state index contributed by atoms with van der Waals surface area (Å²) in [7, 11) is 0. The molecule has 1 saturated heterocycles. The number of alkyl halides is 3. The molecular weight excluding hydrogens is 525 g/mol. The minimum atomic E-state index is -4.86. The summed E-state index contributed by atoms with van der Waals surface area (Å²) in [5, 5.41) is 4.21. The first-order valence-electron chi connectivity index (χ1n) is 13.2. The average Bonchev–Trinajstić information content (AvgIpc) is 3.62. The third-order valence-corrected chi connectivity index (χ3v) is 6.77. The Hall–Kier alpha value is -3.88. The van der Waals surface area contributed by atoms with Crippen LogP contribution >= 0.6 is 0 Å². The minimum absolute atomic E-state index is 0.00689. The lowest BCUT2D eigenvalue weighted by Gasteiger charge is -2.26. The molecule has 0 spiro atoms. The zero-order chi connectivity index (χ0) is 28.1. The standard InChI is InChI=1S/C29H29F3N4O4/c1-20(39-26-4-2-3-17-38-26)27-33-13-16-36(27)19-24-18-25(40-34-24)23-9-7-21(8-10-23)5-6-22-11-14-35(15-12-22)28(37)29(30,31)32/h7-11,13,16,18,20,26H,2-4,12,14-15,17,19H2,1H3/t20-,26?/m0/s1. The molecule has 2 aliphatic heterocycles. The topological polar surface area (TPSA) is 82.6 Å². The quantitative estimate of drug-likeness (QED) is 0.387. The smallest absolute Gasteiger partial charge is 0.356 e. The fraction of sp³-hybridized carbons (Fsp3) is 0.414. The van der Waals surface area contributed by atoms with Crippen LogP contribution < -0.4 is 0 Å². The molecule has 2 atom stereocenters. The molecule has 3 aromatic rings. The summed E-state index contributed by atoms with van der Waals surface area (Å²) < 4.78 is 57.1. The summed E-state index contributed by atoms with van der Waals surface area (Å²) in [5.41, 5.74) is 3.03. The summed E-state index contributed by atoms with van der Waals surface area (Å²) in [6.07, 6.45) is 3.20. The van der Waals surface area contributed by atoms with Crippen LogP contribution in [0.4, 0.5) is 13.2 Å². The second-order valence-electron chi connectivity index (χ2n) is 9.73. The second-order valence-corrected chi connectivity index (χ2v) is 9.73. The number of carbonyl (C=O) groups is 1. The van der Waals surface area contributed by atoms with Gasteiger partial charge >= 0.3 is 12.1 Å². The number of halogens is 3. The van der Waals surface area contributed by atoms with E-state index in [2.05, 4.69) is 22.0 Å². The van der Waals surface area contributed by atoms with Crippen LogP contribution in [-0.2, 0) is 20.8 Å². The third kappa shape index (κ3) is 6.81. The number of nitrogens with zero attached hydrogens (tertiary/aromatic N) is 4. The van der Waals surface area contributed by atoms with Gasteiger partial charge in [-0.1, -0.05) is 23.1 Å². The number of ether oxygens (including phenoxy) is 2. The van der Waals surface area contributed by atoms with Gasteiger partial charge in [0.25, 0.3) is 0 Å². The molecule has 1 fully saturated rings. The molecule has 1 unspecified atom stereocenters. The van der Waals surface area contributed by atoms with Crippen LogP contribution in [0.25, 0.3) is 11.3 Å². The van der Waals surface area contributed by atoms with Crippen LogP contribution in [0.5, 0.6) is 0 Å². The Morgan fingerprint density at radius 2 is 2.05 bits per heavy atom. The number of aromatic nitrogens is 3. The van der Waals surface area contributed by atoms with E-state index in [1.165, 1.54) is 0 Å². The first-order valence-corrected chi connectivity index (χ1v) is 13.2. The molecule has 210 valence electrons. The summed E-state index contributed by atoms with van der Waals surface area (Å²) in [4.78, 5) is 16.6. The van der Waals surface area contributed by atoms with Crippen LogP contribution in [0.1, 0.15) is 55.8 Å². The fourth-order valence-corrected chi connectivity index (χ4v) is 4.63. The van der Waals surface area contributed by atoms with Gasteiger partial charge in [0.05, 0.1) is 6.54 Å². The van der Waals surface area contributed by atoms with Gasteiger partial charge in [0.2, 0.25) is 0 Å². The normalized spacial score (nSPS) is 18.6. The second kappa shape index (κ2) is 12.1. The maximum atomic E-state index is 12.6. The largest absolute Gasteiger partial charge is 0.471 e. The van der Waals surface area contributed by atoms with E-state index in [0.29, 0.717) is 17.9 Å². The van der Waals surface area contributed by atoms with Crippen LogP contribution in [0.3, 0.4) is 0 Å². The molecule has 40 heavy (non-hydrogen) atoms. The average molecular weight is 555 g/mol. The van der Waals surface area contributed by atoms with Gasteiger partial charge in [0.15, 0.2) is 12.1 Å². The molecule has 2 aliphatic rings. The first kappa shape index (κ1) is 27.7. The van der Waals surface area contributed by atoms with E-state index in [0.717, 1.165) is 53.4 Å². The third-order valence-electron chi connectivity index (χ3n) is 6.77. The zero-order valence-electron chi connectivity index (χ0n) is 22.0. The molecule has 0 radical (unpaired) electrons. The Balaban J connectivity index is 1.18. The summed E-state index contributed by atoms with van der Waals surface area (Å²) in [6.45, 7) is 3.05. The first-order chi connectivity index (χ1) is 19.3. The lowest BCUT2D eigenvalue weighted by molar-refractivity contribution is -0.188. The molecule has 0 saturated carbocycles. The molecule has 8 nitrogen and oxygen atoms in total. The predicted molar refractivity (Wildman–Crippen MR) is 139 cm³/mol. The Morgan fingerprint density at radius 1 is 1.23 bits per heavy atom. The number of hydrogen-bond acceptors (Lipinski definition) is 6. The van der Waals surface area contributed by atoms with Gasteiger partial charge in [0.1, 0.15) is 17.6 Å². The highest BCUT2D eigenvalue weighted by atomic mass is 19.4. The van der Waals surface area contributed by atoms with Gasteiger partial charge in [-0.2, -0.15) is 13.2 Å². The number of rotatable bonds is 6. The fourth-order valence-electron chi connectivity index (χ4n) is 4.63. The van der Waals surface area contributed by atoms with Gasteiger partial charge in [-0.25, -0.2) is 4.98 Å². The lowest BCUT2D eigenvalue weighted by atomic mass is 10.1. The van der Waals surface area contributed by atoms with Crippen LogP contribution in [0.2, 0.25) is 0 Å². The van der Waals surface area contributed by atoms with Gasteiger partial charge < -0.3 is 23.5 Å². The van der Waals surface area contributed by atoms with Crippen LogP contribution in [-0.4, -0.2) is 57.7 Å². The van der Waals surface area contributed by atoms with Gasteiger partial charge in [0, 0.05) is 54.9 Å². The molecule has 2 aromatic heterocycles. The van der Waals surface area contributed by atoms with Crippen molar-refractivity contribution in [2.24, 2.45) is 0 Å². The van der Waals surface area contributed by atoms with Crippen molar-refractivity contribution in [3.8, 4) is 23.2 Å². The highest BCUT2D eigenvalue weighted by molar-refractivity contribution is 5.82. The summed E-state index contributed by atoms with van der Waals surface area (Å²) >= 11 is 0. The molecule has 5 rings (SSSR count). The number of benzene rings is 1. The van der Waals surface area contributed by atoms with Crippen LogP contribution in [0.15, 0.2) is 58.9 Å². The molecule has 0 aliphatic carbocycles. The predicted octanol–water partition coefficient (Wildman–Crippen LogP) is 5.26. The molecular formula is C29H29F3N4O4. The molecule has 0 bridgehead atoms. The van der Waals surface area contributed by atoms with Crippen molar-refractivity contribution in [1.82, 2.24) is 19.6 Å². The van der Waals surface area contributed by atoms with Crippen molar-refractivity contribution in [2.45, 2.75) is 57.7 Å². The Morgan fingerprint density at radius 3 is 2.75 bits per heavy atom. The van der Waals surface area contributed by atoms with Gasteiger partial charge in [-0.15, -0.1) is 0 Å². The number of imidazole rings is 1. The zero-order valence-corrected chi connectivity index (χ0v) is 22.0. The number of hydrogen-bond donors (Lipinski definition) is 0. The molecule has 1 aromatic carbocycles. The van der Waals surface area contributed by atoms with E-state index < -0.39 is 12.1 Å². The van der Waals surface area contributed by atoms with E-state index in [-0.39, 0.29) is 31.9 Å². The lowest BCUT2D eigenvalue weighted by Crippen LogP contribution is -2.43. The van der Waals surface area contributed by atoms with Crippen molar-refractivity contribution in [1.29, 1.82) is 0 Å². The van der Waals surface area contributed by atoms with E-state index in [4.69, 9.17) is 14.0 Å². The van der Waals surface area contributed by atoms with E-state index in [1.54, 1.807) is 12.3 Å². The molecule has 0 N–H and O–H groups in total. The maximum Gasteiger partial charge on any atom is 0.471 e. The minimum Gasteiger partial charge on any atom is -0.356 e.